The van der Waals surface area contributed by atoms with Crippen LogP contribution in [-0.2, 0) is 0 Å². The lowest BCUT2D eigenvalue weighted by atomic mass is 10.0. The van der Waals surface area contributed by atoms with Gasteiger partial charge in [-0.25, -0.2) is 8.78 Å². The van der Waals surface area contributed by atoms with Crippen molar-refractivity contribution in [3.05, 3.63) is 35.4 Å². The molecule has 0 saturated heterocycles. The monoisotopic (exact) mass is 186 g/mol. The van der Waals surface area contributed by atoms with Crippen molar-refractivity contribution in [3.63, 3.8) is 0 Å². The molecular formula is C9H12F2N2. The van der Waals surface area contributed by atoms with Crippen LogP contribution in [0.5, 0.6) is 0 Å². The molecule has 2 nitrogen and oxygen atoms in total. The van der Waals surface area contributed by atoms with Gasteiger partial charge >= 0.3 is 0 Å². The first-order chi connectivity index (χ1) is 6.13. The molecule has 13 heavy (non-hydrogen) atoms. The Balaban J connectivity index is 2.87. The third-order valence-electron chi connectivity index (χ3n) is 1.79. The molecule has 0 saturated carbocycles. The molecule has 0 aromatic heterocycles. The zero-order valence-electron chi connectivity index (χ0n) is 7.13. The summed E-state index contributed by atoms with van der Waals surface area (Å²) < 4.78 is 25.4. The maximum absolute atomic E-state index is 12.7. The van der Waals surface area contributed by atoms with Crippen molar-refractivity contribution in [2.75, 3.05) is 6.54 Å². The predicted octanol–water partition coefficient (Wildman–Crippen LogP) is 1.31. The van der Waals surface area contributed by atoms with Gasteiger partial charge in [0, 0.05) is 12.1 Å². The molecule has 0 fully saturated rings. The van der Waals surface area contributed by atoms with Gasteiger partial charge in [0.25, 0.3) is 0 Å². The van der Waals surface area contributed by atoms with E-state index in [1.807, 2.05) is 0 Å². The quantitative estimate of drug-likeness (QED) is 0.747. The fraction of sp³-hybridized carbons (Fsp3) is 0.333. The van der Waals surface area contributed by atoms with E-state index < -0.39 is 17.7 Å². The van der Waals surface area contributed by atoms with E-state index in [-0.39, 0.29) is 0 Å². The number of nitrogens with two attached hydrogens (primary N) is 2. The highest BCUT2D eigenvalue weighted by Crippen LogP contribution is 2.16. The number of halogens is 2. The zero-order chi connectivity index (χ0) is 9.84. The number of hydrogen-bond donors (Lipinski definition) is 2. The van der Waals surface area contributed by atoms with Crippen LogP contribution < -0.4 is 11.5 Å². The highest BCUT2D eigenvalue weighted by atomic mass is 19.1. The van der Waals surface area contributed by atoms with Gasteiger partial charge in [-0.1, -0.05) is 0 Å². The largest absolute Gasteiger partial charge is 0.330 e. The van der Waals surface area contributed by atoms with Crippen LogP contribution in [0.25, 0.3) is 0 Å². The Morgan fingerprint density at radius 2 is 1.69 bits per heavy atom. The molecule has 0 spiro atoms. The Hall–Kier alpha value is -1.00. The molecule has 4 heteroatoms. The first kappa shape index (κ1) is 10.1. The van der Waals surface area contributed by atoms with Crippen molar-refractivity contribution in [2.45, 2.75) is 12.5 Å². The summed E-state index contributed by atoms with van der Waals surface area (Å²) >= 11 is 0. The van der Waals surface area contributed by atoms with E-state index in [4.69, 9.17) is 11.5 Å². The number of hydrogen-bond acceptors (Lipinski definition) is 2. The van der Waals surface area contributed by atoms with Gasteiger partial charge < -0.3 is 11.5 Å². The van der Waals surface area contributed by atoms with Gasteiger partial charge in [0.05, 0.1) is 0 Å². The maximum Gasteiger partial charge on any atom is 0.126 e. The molecule has 1 atom stereocenters. The van der Waals surface area contributed by atoms with E-state index in [1.54, 1.807) is 0 Å². The van der Waals surface area contributed by atoms with Crippen LogP contribution in [0.2, 0.25) is 0 Å². The number of benzene rings is 1. The van der Waals surface area contributed by atoms with Crippen molar-refractivity contribution in [2.24, 2.45) is 11.5 Å². The highest BCUT2D eigenvalue weighted by molar-refractivity contribution is 5.20. The molecule has 0 heterocycles. The summed E-state index contributed by atoms with van der Waals surface area (Å²) in [7, 11) is 0. The first-order valence-corrected chi connectivity index (χ1v) is 4.05. The summed E-state index contributed by atoms with van der Waals surface area (Å²) in [5.74, 6) is -1.22. The van der Waals surface area contributed by atoms with Crippen LogP contribution in [0.1, 0.15) is 18.0 Å². The summed E-state index contributed by atoms with van der Waals surface area (Å²) in [6.07, 6.45) is 0.517. The summed E-state index contributed by atoms with van der Waals surface area (Å²) in [5, 5.41) is 0. The van der Waals surface area contributed by atoms with Gasteiger partial charge in [-0.2, -0.15) is 0 Å². The topological polar surface area (TPSA) is 52.0 Å². The zero-order valence-corrected chi connectivity index (χ0v) is 7.13. The summed E-state index contributed by atoms with van der Waals surface area (Å²) in [4.78, 5) is 0. The van der Waals surface area contributed by atoms with Crippen LogP contribution in [0.3, 0.4) is 0 Å². The van der Waals surface area contributed by atoms with Crippen molar-refractivity contribution in [3.8, 4) is 0 Å². The molecule has 0 aliphatic heterocycles. The molecule has 0 unspecified atom stereocenters. The molecule has 0 bridgehead atoms. The summed E-state index contributed by atoms with van der Waals surface area (Å²) in [5.41, 5.74) is 11.4. The predicted molar refractivity (Wildman–Crippen MR) is 47.0 cm³/mol. The SMILES string of the molecule is NCC[C@H](N)c1cc(F)cc(F)c1. The Bertz CT molecular complexity index is 269. The van der Waals surface area contributed by atoms with Crippen LogP contribution >= 0.6 is 0 Å². The van der Waals surface area contributed by atoms with Crippen molar-refractivity contribution < 1.29 is 8.78 Å². The lowest BCUT2D eigenvalue weighted by Gasteiger charge is -2.10. The standard InChI is InChI=1S/C9H12F2N2/c10-7-3-6(4-8(11)5-7)9(13)1-2-12/h3-5,9H,1-2,12-13H2/t9-/m0/s1. The Kier molecular flexibility index (Phi) is 3.33. The molecule has 0 amide bonds. The van der Waals surface area contributed by atoms with Gasteiger partial charge in [-0.15, -0.1) is 0 Å². The van der Waals surface area contributed by atoms with Gasteiger partial charge in [-0.3, -0.25) is 0 Å². The lowest BCUT2D eigenvalue weighted by molar-refractivity contribution is 0.568. The molecular weight excluding hydrogens is 174 g/mol. The third kappa shape index (κ3) is 2.75. The fourth-order valence-electron chi connectivity index (χ4n) is 1.14. The molecule has 1 aromatic rings. The smallest absolute Gasteiger partial charge is 0.126 e. The highest BCUT2D eigenvalue weighted by Gasteiger charge is 2.07. The van der Waals surface area contributed by atoms with Crippen LogP contribution in [0.4, 0.5) is 8.78 Å². The Morgan fingerprint density at radius 1 is 1.15 bits per heavy atom. The summed E-state index contributed by atoms with van der Waals surface area (Å²) in [6, 6.07) is 2.88. The average Bonchev–Trinajstić information content (AvgIpc) is 2.03. The van der Waals surface area contributed by atoms with Crippen molar-refractivity contribution in [1.82, 2.24) is 0 Å². The second-order valence-electron chi connectivity index (χ2n) is 2.89. The minimum atomic E-state index is -0.609. The third-order valence-corrected chi connectivity index (χ3v) is 1.79. The Labute approximate surface area is 75.5 Å². The minimum Gasteiger partial charge on any atom is -0.330 e. The Morgan fingerprint density at radius 3 is 2.15 bits per heavy atom. The molecule has 0 radical (unpaired) electrons. The molecule has 4 N–H and O–H groups in total. The normalized spacial score (nSPS) is 12.9. The van der Waals surface area contributed by atoms with Gasteiger partial charge in [0.15, 0.2) is 0 Å². The van der Waals surface area contributed by atoms with Crippen molar-refractivity contribution >= 4 is 0 Å². The van der Waals surface area contributed by atoms with E-state index in [9.17, 15) is 8.78 Å². The minimum absolute atomic E-state index is 0.393. The second-order valence-corrected chi connectivity index (χ2v) is 2.89. The second kappa shape index (κ2) is 4.30. The van der Waals surface area contributed by atoms with Crippen LogP contribution in [0.15, 0.2) is 18.2 Å². The van der Waals surface area contributed by atoms with Gasteiger partial charge in [0.1, 0.15) is 11.6 Å². The lowest BCUT2D eigenvalue weighted by Crippen LogP contribution is -2.15. The fourth-order valence-corrected chi connectivity index (χ4v) is 1.14. The molecule has 72 valence electrons. The first-order valence-electron chi connectivity index (χ1n) is 4.05. The molecule has 0 aliphatic carbocycles. The van der Waals surface area contributed by atoms with Gasteiger partial charge in [0.2, 0.25) is 0 Å². The van der Waals surface area contributed by atoms with E-state index >= 15 is 0 Å². The number of rotatable bonds is 3. The average molecular weight is 186 g/mol. The van der Waals surface area contributed by atoms with Gasteiger partial charge in [-0.05, 0) is 30.7 Å². The van der Waals surface area contributed by atoms with E-state index in [1.165, 1.54) is 12.1 Å². The van der Waals surface area contributed by atoms with Crippen LogP contribution in [-0.4, -0.2) is 6.54 Å². The van der Waals surface area contributed by atoms with E-state index in [0.29, 0.717) is 18.5 Å². The van der Waals surface area contributed by atoms with Crippen LogP contribution in [0, 0.1) is 11.6 Å². The van der Waals surface area contributed by atoms with E-state index in [0.717, 1.165) is 6.07 Å². The summed E-state index contributed by atoms with van der Waals surface area (Å²) in [6.45, 7) is 0.402. The van der Waals surface area contributed by atoms with Crippen molar-refractivity contribution in [1.29, 1.82) is 0 Å². The molecule has 1 aromatic carbocycles. The maximum atomic E-state index is 12.7. The molecule has 1 rings (SSSR count). The van der Waals surface area contributed by atoms with E-state index in [2.05, 4.69) is 0 Å². The molecule has 0 aliphatic rings.